The second-order valence-electron chi connectivity index (χ2n) is 7.32. The average Bonchev–Trinajstić information content (AvgIpc) is 2.74. The molecule has 2 aromatic rings. The number of nitrogens with one attached hydrogen (secondary N) is 1. The summed E-state index contributed by atoms with van der Waals surface area (Å²) in [6.45, 7) is 7.98. The molecule has 1 aliphatic heterocycles. The molecule has 1 N–H and O–H groups in total. The first-order valence-electron chi connectivity index (χ1n) is 10.0. The number of hydrogen-bond acceptors (Lipinski definition) is 3. The number of hydrogen-bond donors (Lipinski definition) is 1. The van der Waals surface area contributed by atoms with Crippen LogP contribution in [0, 0.1) is 18.3 Å². The molecule has 0 aliphatic carbocycles. The molecule has 1 heterocycles. The maximum absolute atomic E-state index is 8.94. The van der Waals surface area contributed by atoms with Crippen LogP contribution in [0.1, 0.15) is 36.5 Å². The van der Waals surface area contributed by atoms with Crippen LogP contribution in [0.3, 0.4) is 0 Å². The summed E-state index contributed by atoms with van der Waals surface area (Å²) in [5.41, 5.74) is 5.60. The molecule has 0 radical (unpaired) electrons. The summed E-state index contributed by atoms with van der Waals surface area (Å²) >= 11 is 5.67. The summed E-state index contributed by atoms with van der Waals surface area (Å²) in [6.07, 6.45) is 3.59. The molecule has 0 atom stereocenters. The molecule has 1 fully saturated rings. The highest BCUT2D eigenvalue weighted by molar-refractivity contribution is 7.80. The molecule has 0 spiro atoms. The molecule has 0 aromatic heterocycles. The zero-order chi connectivity index (χ0) is 19.9. The summed E-state index contributed by atoms with van der Waals surface area (Å²) in [6, 6.07) is 16.6. The van der Waals surface area contributed by atoms with Gasteiger partial charge in [-0.25, -0.2) is 0 Å². The first kappa shape index (κ1) is 20.2. The number of nitriles is 1. The lowest BCUT2D eigenvalue weighted by atomic mass is 10.0. The summed E-state index contributed by atoms with van der Waals surface area (Å²) < 4.78 is 0. The van der Waals surface area contributed by atoms with E-state index in [1.54, 1.807) is 0 Å². The van der Waals surface area contributed by atoms with Gasteiger partial charge in [0.1, 0.15) is 0 Å². The van der Waals surface area contributed by atoms with E-state index in [1.807, 2.05) is 24.3 Å². The first-order valence-corrected chi connectivity index (χ1v) is 10.4. The van der Waals surface area contributed by atoms with Crippen molar-refractivity contribution in [3.63, 3.8) is 0 Å². The van der Waals surface area contributed by atoms with Crippen LogP contribution in [-0.4, -0.2) is 36.2 Å². The monoisotopic (exact) mass is 392 g/mol. The number of anilines is 2. The van der Waals surface area contributed by atoms with Crippen molar-refractivity contribution in [3.05, 3.63) is 59.2 Å². The average molecular weight is 393 g/mol. The Morgan fingerprint density at radius 1 is 1.11 bits per heavy atom. The van der Waals surface area contributed by atoms with Crippen LogP contribution in [0.25, 0.3) is 0 Å². The lowest BCUT2D eigenvalue weighted by molar-refractivity contribution is 0.391. The molecular formula is C23H28N4S. The predicted octanol–water partition coefficient (Wildman–Crippen LogP) is 4.73. The van der Waals surface area contributed by atoms with Gasteiger partial charge in [0.05, 0.1) is 11.6 Å². The van der Waals surface area contributed by atoms with Gasteiger partial charge < -0.3 is 15.1 Å². The van der Waals surface area contributed by atoms with Crippen molar-refractivity contribution in [2.75, 3.05) is 36.4 Å². The Bertz CT molecular complexity index is 846. The Morgan fingerprint density at radius 2 is 1.82 bits per heavy atom. The highest BCUT2D eigenvalue weighted by atomic mass is 32.1. The fourth-order valence-electron chi connectivity index (χ4n) is 3.51. The molecule has 0 amide bonds. The number of nitrogens with zero attached hydrogens (tertiary/aromatic N) is 3. The quantitative estimate of drug-likeness (QED) is 0.745. The first-order chi connectivity index (χ1) is 13.6. The Balaban J connectivity index is 1.54. The van der Waals surface area contributed by atoms with Crippen molar-refractivity contribution in [1.29, 1.82) is 5.26 Å². The van der Waals surface area contributed by atoms with Gasteiger partial charge in [-0.1, -0.05) is 25.5 Å². The molecule has 5 heteroatoms. The maximum atomic E-state index is 8.94. The van der Waals surface area contributed by atoms with Gasteiger partial charge in [0.2, 0.25) is 0 Å². The zero-order valence-electron chi connectivity index (χ0n) is 16.7. The van der Waals surface area contributed by atoms with Gasteiger partial charge in [-0.3, -0.25) is 0 Å². The lowest BCUT2D eigenvalue weighted by Gasteiger charge is -2.37. The minimum absolute atomic E-state index is 0.698. The minimum Gasteiger partial charge on any atom is -0.368 e. The number of unbranched alkanes of at least 4 members (excludes halogenated alkanes) is 1. The molecule has 2 aromatic carbocycles. The van der Waals surface area contributed by atoms with Crippen molar-refractivity contribution >= 4 is 28.7 Å². The maximum Gasteiger partial charge on any atom is 0.173 e. The second-order valence-corrected chi connectivity index (χ2v) is 7.70. The van der Waals surface area contributed by atoms with Crippen molar-refractivity contribution in [3.8, 4) is 6.07 Å². The van der Waals surface area contributed by atoms with Crippen molar-refractivity contribution in [2.24, 2.45) is 0 Å². The fourth-order valence-corrected chi connectivity index (χ4v) is 3.80. The molecule has 146 valence electrons. The van der Waals surface area contributed by atoms with Gasteiger partial charge in [-0.15, -0.1) is 0 Å². The van der Waals surface area contributed by atoms with Crippen LogP contribution in [-0.2, 0) is 6.42 Å². The Hall–Kier alpha value is -2.58. The highest BCUT2D eigenvalue weighted by Crippen LogP contribution is 2.20. The van der Waals surface area contributed by atoms with Crippen molar-refractivity contribution in [2.45, 2.75) is 33.1 Å². The third kappa shape index (κ3) is 5.02. The summed E-state index contributed by atoms with van der Waals surface area (Å²) in [7, 11) is 0. The molecule has 4 nitrogen and oxygen atoms in total. The molecule has 0 saturated carbocycles. The molecule has 0 bridgehead atoms. The predicted molar refractivity (Wildman–Crippen MR) is 121 cm³/mol. The Kier molecular flexibility index (Phi) is 6.89. The lowest BCUT2D eigenvalue weighted by Crippen LogP contribution is -2.50. The van der Waals surface area contributed by atoms with E-state index in [9.17, 15) is 0 Å². The van der Waals surface area contributed by atoms with E-state index in [4.69, 9.17) is 17.5 Å². The molecule has 1 saturated heterocycles. The number of rotatable bonds is 5. The topological polar surface area (TPSA) is 42.3 Å². The van der Waals surface area contributed by atoms with E-state index in [0.717, 1.165) is 49.1 Å². The van der Waals surface area contributed by atoms with Gasteiger partial charge in [-0.2, -0.15) is 5.26 Å². The highest BCUT2D eigenvalue weighted by Gasteiger charge is 2.19. The van der Waals surface area contributed by atoms with E-state index in [2.05, 4.69) is 53.2 Å². The number of piperazine rings is 1. The second kappa shape index (κ2) is 9.57. The molecule has 1 aliphatic rings. The van der Waals surface area contributed by atoms with Gasteiger partial charge in [-0.05, 0) is 73.4 Å². The largest absolute Gasteiger partial charge is 0.368 e. The summed E-state index contributed by atoms with van der Waals surface area (Å²) in [4.78, 5) is 4.58. The molecule has 28 heavy (non-hydrogen) atoms. The standard InChI is InChI=1S/C23H28N4S/c1-3-4-5-19-8-11-22(18(2)16-19)25-23(28)27-14-12-26(13-15-27)21-9-6-20(17-24)7-10-21/h6-11,16H,3-5,12-15H2,1-2H3,(H,25,28). The van der Waals surface area contributed by atoms with Gasteiger partial charge in [0.15, 0.2) is 5.11 Å². The molecule has 3 rings (SSSR count). The zero-order valence-corrected chi connectivity index (χ0v) is 17.6. The van der Waals surface area contributed by atoms with Gasteiger partial charge in [0.25, 0.3) is 0 Å². The van der Waals surface area contributed by atoms with E-state index < -0.39 is 0 Å². The van der Waals surface area contributed by atoms with Crippen molar-refractivity contribution < 1.29 is 0 Å². The molecule has 0 unspecified atom stereocenters. The van der Waals surface area contributed by atoms with Crippen LogP contribution in [0.2, 0.25) is 0 Å². The normalized spacial score (nSPS) is 13.9. The number of aryl methyl sites for hydroxylation is 2. The Labute approximate surface area is 173 Å². The minimum atomic E-state index is 0.698. The molecular weight excluding hydrogens is 364 g/mol. The fraction of sp³-hybridized carbons (Fsp3) is 0.391. The van der Waals surface area contributed by atoms with Gasteiger partial charge in [0, 0.05) is 37.6 Å². The third-order valence-corrected chi connectivity index (χ3v) is 5.64. The summed E-state index contributed by atoms with van der Waals surface area (Å²) in [5, 5.41) is 13.2. The van der Waals surface area contributed by atoms with E-state index in [-0.39, 0.29) is 0 Å². The van der Waals surface area contributed by atoms with Crippen LogP contribution < -0.4 is 10.2 Å². The van der Waals surface area contributed by atoms with E-state index in [0.29, 0.717) is 5.56 Å². The van der Waals surface area contributed by atoms with Crippen LogP contribution in [0.15, 0.2) is 42.5 Å². The smallest absolute Gasteiger partial charge is 0.173 e. The summed E-state index contributed by atoms with van der Waals surface area (Å²) in [5.74, 6) is 0. The SMILES string of the molecule is CCCCc1ccc(NC(=S)N2CCN(c3ccc(C#N)cc3)CC2)c(C)c1. The van der Waals surface area contributed by atoms with E-state index in [1.165, 1.54) is 24.0 Å². The number of thiocarbonyl (C=S) groups is 1. The third-order valence-electron chi connectivity index (χ3n) is 5.28. The van der Waals surface area contributed by atoms with Crippen LogP contribution in [0.4, 0.5) is 11.4 Å². The Morgan fingerprint density at radius 3 is 2.43 bits per heavy atom. The van der Waals surface area contributed by atoms with Crippen LogP contribution >= 0.6 is 12.2 Å². The number of benzene rings is 2. The van der Waals surface area contributed by atoms with Crippen LogP contribution in [0.5, 0.6) is 0 Å². The van der Waals surface area contributed by atoms with Gasteiger partial charge >= 0.3 is 0 Å². The van der Waals surface area contributed by atoms with Crippen molar-refractivity contribution in [1.82, 2.24) is 4.90 Å². The van der Waals surface area contributed by atoms with E-state index >= 15 is 0 Å².